The van der Waals surface area contributed by atoms with E-state index >= 15 is 0 Å². The van der Waals surface area contributed by atoms with Crippen molar-refractivity contribution in [3.05, 3.63) is 42.8 Å². The minimum absolute atomic E-state index is 0. The van der Waals surface area contributed by atoms with Crippen molar-refractivity contribution in [3.63, 3.8) is 0 Å². The molecule has 0 atom stereocenters. The van der Waals surface area contributed by atoms with E-state index in [4.69, 9.17) is 0 Å². The van der Waals surface area contributed by atoms with Crippen LogP contribution in [-0.2, 0) is 0 Å². The van der Waals surface area contributed by atoms with E-state index in [1.165, 1.54) is 19.6 Å². The van der Waals surface area contributed by atoms with Gasteiger partial charge in [-0.25, -0.2) is 0 Å². The molecule has 3 heteroatoms. The summed E-state index contributed by atoms with van der Waals surface area (Å²) in [5.74, 6) is 0. The number of hydrogen-bond acceptors (Lipinski definition) is 1. The average Bonchev–Trinajstić information content (AvgIpc) is 2.22. The number of halogens is 1. The number of nitrogens with zero attached hydrogens (tertiary/aromatic N) is 1. The van der Waals surface area contributed by atoms with Crippen molar-refractivity contribution in [2.75, 3.05) is 19.6 Å². The molecule has 0 aliphatic heterocycles. The van der Waals surface area contributed by atoms with Crippen molar-refractivity contribution in [1.29, 1.82) is 0 Å². The van der Waals surface area contributed by atoms with E-state index in [1.54, 1.807) is 0 Å². The van der Waals surface area contributed by atoms with Crippen LogP contribution in [-0.4, -0.2) is 47.6 Å². The van der Waals surface area contributed by atoms with Crippen LogP contribution in [0.25, 0.3) is 0 Å². The second-order valence-electron chi connectivity index (χ2n) is 3.11. The van der Waals surface area contributed by atoms with Gasteiger partial charge >= 0.3 is 23.1 Å². The van der Waals surface area contributed by atoms with E-state index in [0.717, 1.165) is 5.56 Å². The van der Waals surface area contributed by atoms with E-state index in [2.05, 4.69) is 32.6 Å². The Kier molecular flexibility index (Phi) is 20.2. The Hall–Kier alpha value is 0.106. The van der Waals surface area contributed by atoms with Crippen molar-refractivity contribution < 1.29 is 12.4 Å². The molecule has 0 bridgehead atoms. The quantitative estimate of drug-likeness (QED) is 0.533. The van der Waals surface area contributed by atoms with Gasteiger partial charge in [0, 0.05) is 0 Å². The molecule has 16 heavy (non-hydrogen) atoms. The van der Waals surface area contributed by atoms with Crippen LogP contribution in [0.5, 0.6) is 0 Å². The SMILES string of the molecule is CCN(CC)CC.[CH2-]c1ccccc1.[Cl-].[Mg+2]. The van der Waals surface area contributed by atoms with Gasteiger partial charge in [0.1, 0.15) is 0 Å². The first-order chi connectivity index (χ1) is 6.74. The monoisotopic (exact) mass is 251 g/mol. The fourth-order valence-corrected chi connectivity index (χ4v) is 1.15. The van der Waals surface area contributed by atoms with Crippen molar-refractivity contribution in [1.82, 2.24) is 4.90 Å². The van der Waals surface area contributed by atoms with Gasteiger partial charge in [-0.05, 0) is 19.6 Å². The van der Waals surface area contributed by atoms with E-state index < -0.39 is 0 Å². The Morgan fingerprint density at radius 2 is 1.31 bits per heavy atom. The molecule has 0 amide bonds. The predicted molar refractivity (Wildman–Crippen MR) is 70.1 cm³/mol. The van der Waals surface area contributed by atoms with Crippen LogP contribution in [0.3, 0.4) is 0 Å². The Morgan fingerprint density at radius 3 is 1.44 bits per heavy atom. The summed E-state index contributed by atoms with van der Waals surface area (Å²) in [4.78, 5) is 2.38. The molecule has 0 unspecified atom stereocenters. The zero-order valence-corrected chi connectivity index (χ0v) is 12.9. The van der Waals surface area contributed by atoms with E-state index in [-0.39, 0.29) is 35.5 Å². The summed E-state index contributed by atoms with van der Waals surface area (Å²) in [5, 5.41) is 0. The van der Waals surface area contributed by atoms with Gasteiger partial charge in [0.2, 0.25) is 0 Å². The Labute approximate surface area is 123 Å². The summed E-state index contributed by atoms with van der Waals surface area (Å²) >= 11 is 0. The van der Waals surface area contributed by atoms with Crippen LogP contribution in [0, 0.1) is 6.92 Å². The zero-order chi connectivity index (χ0) is 10.8. The van der Waals surface area contributed by atoms with Gasteiger partial charge in [0.05, 0.1) is 0 Å². The summed E-state index contributed by atoms with van der Waals surface area (Å²) in [5.41, 5.74) is 1.07. The van der Waals surface area contributed by atoms with Gasteiger partial charge in [0.15, 0.2) is 0 Å². The first-order valence-electron chi connectivity index (χ1n) is 5.33. The van der Waals surface area contributed by atoms with Crippen LogP contribution in [0.1, 0.15) is 26.3 Å². The van der Waals surface area contributed by atoms with E-state index in [9.17, 15) is 0 Å². The minimum Gasteiger partial charge on any atom is -1.00 e. The van der Waals surface area contributed by atoms with Crippen molar-refractivity contribution in [3.8, 4) is 0 Å². The molecule has 1 aromatic carbocycles. The maximum Gasteiger partial charge on any atom is 2.00 e. The summed E-state index contributed by atoms with van der Waals surface area (Å²) < 4.78 is 0. The summed E-state index contributed by atoms with van der Waals surface area (Å²) in [6.45, 7) is 13.8. The smallest absolute Gasteiger partial charge is 1.00 e. The molecule has 88 valence electrons. The number of hydrogen-bond donors (Lipinski definition) is 0. The van der Waals surface area contributed by atoms with Crippen LogP contribution < -0.4 is 12.4 Å². The minimum atomic E-state index is 0. The third-order valence-corrected chi connectivity index (χ3v) is 2.18. The fraction of sp³-hybridized carbons (Fsp3) is 0.462. The van der Waals surface area contributed by atoms with Gasteiger partial charge in [-0.3, -0.25) is 0 Å². The van der Waals surface area contributed by atoms with E-state index in [0.29, 0.717) is 0 Å². The molecule has 0 radical (unpaired) electrons. The first kappa shape index (κ1) is 21.4. The molecule has 0 fully saturated rings. The van der Waals surface area contributed by atoms with Crippen molar-refractivity contribution in [2.24, 2.45) is 0 Å². The molecule has 0 heterocycles. The van der Waals surface area contributed by atoms with Gasteiger partial charge < -0.3 is 17.3 Å². The molecule has 0 aromatic heterocycles. The predicted octanol–water partition coefficient (Wildman–Crippen LogP) is -0.160. The number of benzene rings is 1. The topological polar surface area (TPSA) is 3.24 Å². The second-order valence-corrected chi connectivity index (χ2v) is 3.11. The largest absolute Gasteiger partial charge is 2.00 e. The molecule has 0 spiro atoms. The molecule has 0 aliphatic carbocycles. The zero-order valence-electron chi connectivity index (χ0n) is 10.7. The average molecular weight is 252 g/mol. The standard InChI is InChI=1S/C7H7.C6H15N.ClH.Mg/c1-7-5-3-2-4-6-7;1-4-7(5-2)6-3;;/h2-6H,1H2;4-6H2,1-3H3;1H;/q-1;;;+2/p-1. The maximum absolute atomic E-state index is 3.72. The molecule has 0 aliphatic rings. The van der Waals surface area contributed by atoms with Crippen molar-refractivity contribution in [2.45, 2.75) is 20.8 Å². The first-order valence-corrected chi connectivity index (χ1v) is 5.33. The third-order valence-electron chi connectivity index (χ3n) is 2.18. The van der Waals surface area contributed by atoms with Crippen LogP contribution in [0.15, 0.2) is 30.3 Å². The Balaban J connectivity index is -0.000000188. The Morgan fingerprint density at radius 1 is 0.938 bits per heavy atom. The fourth-order valence-electron chi connectivity index (χ4n) is 1.15. The summed E-state index contributed by atoms with van der Waals surface area (Å²) in [6.07, 6.45) is 0. The molecular formula is C13H22ClMgN. The van der Waals surface area contributed by atoms with Gasteiger partial charge in [-0.2, -0.15) is 24.6 Å². The van der Waals surface area contributed by atoms with Crippen molar-refractivity contribution >= 4 is 23.1 Å². The van der Waals surface area contributed by atoms with Crippen LogP contribution in [0.4, 0.5) is 0 Å². The Bertz CT molecular complexity index is 207. The maximum atomic E-state index is 3.72. The second kappa shape index (κ2) is 15.1. The molecule has 0 saturated carbocycles. The molecule has 1 nitrogen and oxygen atoms in total. The number of rotatable bonds is 3. The summed E-state index contributed by atoms with van der Waals surface area (Å²) in [6, 6.07) is 9.87. The van der Waals surface area contributed by atoms with Gasteiger partial charge in [-0.15, -0.1) is 12.1 Å². The van der Waals surface area contributed by atoms with Gasteiger partial charge in [0.25, 0.3) is 0 Å². The molecule has 1 rings (SSSR count). The molecule has 0 N–H and O–H groups in total. The molecular weight excluding hydrogens is 230 g/mol. The van der Waals surface area contributed by atoms with Crippen LogP contribution in [0.2, 0.25) is 0 Å². The normalized spacial score (nSPS) is 8.25. The molecule has 1 aromatic rings. The third kappa shape index (κ3) is 12.2. The summed E-state index contributed by atoms with van der Waals surface area (Å²) in [7, 11) is 0. The van der Waals surface area contributed by atoms with Crippen LogP contribution >= 0.6 is 0 Å². The molecule has 0 saturated heterocycles. The van der Waals surface area contributed by atoms with E-state index in [1.807, 2.05) is 30.3 Å². The van der Waals surface area contributed by atoms with Gasteiger partial charge in [-0.1, -0.05) is 26.8 Å².